The Morgan fingerprint density at radius 1 is 1.33 bits per heavy atom. The third-order valence-corrected chi connectivity index (χ3v) is 6.54. The Morgan fingerprint density at radius 3 is 2.73 bits per heavy atom. The molecule has 1 heterocycles. The number of nitrogens with zero attached hydrogens (tertiary/aromatic N) is 1. The molecule has 1 aliphatic heterocycles. The van der Waals surface area contributed by atoms with Gasteiger partial charge in [0.05, 0.1) is 34.6 Å². The molecule has 0 fully saturated rings. The van der Waals surface area contributed by atoms with Crippen molar-refractivity contribution in [2.24, 2.45) is 5.92 Å². The first kappa shape index (κ1) is 24.8. The van der Waals surface area contributed by atoms with Gasteiger partial charge in [-0.25, -0.2) is 4.39 Å². The van der Waals surface area contributed by atoms with Crippen LogP contribution in [-0.4, -0.2) is 30.6 Å². The molecule has 0 saturated carbocycles. The van der Waals surface area contributed by atoms with E-state index >= 15 is 0 Å². The molecule has 0 aliphatic carbocycles. The van der Waals surface area contributed by atoms with Crippen molar-refractivity contribution < 1.29 is 23.5 Å². The number of carbonyl (C=O) groups is 3. The Kier molecular flexibility index (Phi) is 8.13. The van der Waals surface area contributed by atoms with Gasteiger partial charge in [-0.2, -0.15) is 5.26 Å². The van der Waals surface area contributed by atoms with Crippen molar-refractivity contribution in [2.75, 3.05) is 18.2 Å². The summed E-state index contributed by atoms with van der Waals surface area (Å²) in [4.78, 5) is 37.6. The van der Waals surface area contributed by atoms with E-state index in [0.717, 1.165) is 17.8 Å². The lowest BCUT2D eigenvalue weighted by Gasteiger charge is -2.31. The smallest absolute Gasteiger partial charge is 0.319 e. The Hall–Kier alpha value is -2.87. The SMILES string of the molecule is COC(=O)[C@H]1C(=O)NC(SCC(=O)Nc2ccc(F)c(Cl)c2)=C(C#N)[C@@H]1c1cccc(Br)c1. The number of hydrogen-bond donors (Lipinski definition) is 2. The van der Waals surface area contributed by atoms with Crippen LogP contribution < -0.4 is 10.6 Å². The fourth-order valence-electron chi connectivity index (χ4n) is 3.29. The number of esters is 1. The molecule has 33 heavy (non-hydrogen) atoms. The number of nitrogens with one attached hydrogen (secondary N) is 2. The first-order valence-electron chi connectivity index (χ1n) is 9.41. The number of amides is 2. The molecular formula is C22H16BrClFN3O4S. The lowest BCUT2D eigenvalue weighted by Crippen LogP contribution is -2.44. The number of nitriles is 1. The lowest BCUT2D eigenvalue weighted by atomic mass is 9.78. The summed E-state index contributed by atoms with van der Waals surface area (Å²) in [5, 5.41) is 15.0. The number of halogens is 3. The van der Waals surface area contributed by atoms with Crippen LogP contribution in [0.25, 0.3) is 0 Å². The van der Waals surface area contributed by atoms with E-state index in [1.54, 1.807) is 24.3 Å². The minimum atomic E-state index is -1.27. The van der Waals surface area contributed by atoms with Crippen molar-refractivity contribution in [3.63, 3.8) is 0 Å². The predicted molar refractivity (Wildman–Crippen MR) is 126 cm³/mol. The quantitative estimate of drug-likeness (QED) is 0.407. The summed E-state index contributed by atoms with van der Waals surface area (Å²) in [7, 11) is 1.17. The largest absolute Gasteiger partial charge is 0.468 e. The van der Waals surface area contributed by atoms with Crippen LogP contribution in [0.3, 0.4) is 0 Å². The molecule has 0 unspecified atom stereocenters. The van der Waals surface area contributed by atoms with Crippen LogP contribution in [-0.2, 0) is 19.1 Å². The van der Waals surface area contributed by atoms with E-state index in [1.165, 1.54) is 19.2 Å². The summed E-state index contributed by atoms with van der Waals surface area (Å²) in [5.74, 6) is -4.82. The van der Waals surface area contributed by atoms with E-state index in [1.807, 2.05) is 0 Å². The van der Waals surface area contributed by atoms with Crippen molar-refractivity contribution in [1.82, 2.24) is 5.32 Å². The monoisotopic (exact) mass is 551 g/mol. The molecule has 0 bridgehead atoms. The molecule has 0 spiro atoms. The molecule has 2 amide bonds. The molecule has 7 nitrogen and oxygen atoms in total. The number of benzene rings is 2. The van der Waals surface area contributed by atoms with Gasteiger partial charge in [-0.15, -0.1) is 0 Å². The second-order valence-corrected chi connectivity index (χ2v) is 9.15. The summed E-state index contributed by atoms with van der Waals surface area (Å²) in [6.07, 6.45) is 0. The van der Waals surface area contributed by atoms with Crippen LogP contribution in [0.4, 0.5) is 10.1 Å². The maximum atomic E-state index is 13.3. The fourth-order valence-corrected chi connectivity index (χ4v) is 4.73. The Morgan fingerprint density at radius 2 is 2.09 bits per heavy atom. The molecule has 2 atom stereocenters. The standard InChI is InChI=1S/C22H16BrClFN3O4S/c1-32-22(31)19-18(11-3-2-4-12(23)7-11)14(9-26)21(28-20(19)30)33-10-17(29)27-13-5-6-16(25)15(24)8-13/h2-8,18-19H,10H2,1H3,(H,27,29)(H,28,30)/t18-,19+/m0/s1. The first-order valence-corrected chi connectivity index (χ1v) is 11.6. The number of anilines is 1. The topological polar surface area (TPSA) is 108 Å². The number of methoxy groups -OCH3 is 1. The Labute approximate surface area is 206 Å². The van der Waals surface area contributed by atoms with E-state index in [4.69, 9.17) is 16.3 Å². The molecule has 3 rings (SSSR count). The summed E-state index contributed by atoms with van der Waals surface area (Å²) in [6, 6.07) is 12.7. The van der Waals surface area contributed by atoms with E-state index < -0.39 is 35.4 Å². The zero-order valence-electron chi connectivity index (χ0n) is 17.0. The number of thioether (sulfide) groups is 1. The molecule has 2 N–H and O–H groups in total. The molecule has 1 aliphatic rings. The van der Waals surface area contributed by atoms with Crippen LogP contribution in [0, 0.1) is 23.1 Å². The average molecular weight is 553 g/mol. The summed E-state index contributed by atoms with van der Waals surface area (Å²) >= 11 is 10.0. The van der Waals surface area contributed by atoms with Gasteiger partial charge < -0.3 is 15.4 Å². The van der Waals surface area contributed by atoms with Crippen molar-refractivity contribution in [1.29, 1.82) is 5.26 Å². The number of ether oxygens (including phenoxy) is 1. The van der Waals surface area contributed by atoms with Crippen molar-refractivity contribution >= 4 is 62.8 Å². The van der Waals surface area contributed by atoms with Crippen molar-refractivity contribution in [3.05, 3.63) is 73.9 Å². The fraction of sp³-hybridized carbons (Fsp3) is 0.182. The third kappa shape index (κ3) is 5.74. The Balaban J connectivity index is 1.88. The number of allylic oxidation sites excluding steroid dienone is 1. The highest BCUT2D eigenvalue weighted by Crippen LogP contribution is 2.40. The van der Waals surface area contributed by atoms with Crippen LogP contribution in [0.15, 0.2) is 57.5 Å². The molecule has 11 heteroatoms. The second kappa shape index (κ2) is 10.8. The maximum Gasteiger partial charge on any atom is 0.319 e. The number of hydrogen-bond acceptors (Lipinski definition) is 6. The van der Waals surface area contributed by atoms with Crippen LogP contribution in [0.5, 0.6) is 0 Å². The van der Waals surface area contributed by atoms with Crippen molar-refractivity contribution in [2.45, 2.75) is 5.92 Å². The summed E-state index contributed by atoms with van der Waals surface area (Å²) < 4.78 is 18.8. The molecule has 2 aromatic rings. The zero-order valence-corrected chi connectivity index (χ0v) is 20.2. The minimum Gasteiger partial charge on any atom is -0.468 e. The highest BCUT2D eigenvalue weighted by atomic mass is 79.9. The molecular weight excluding hydrogens is 537 g/mol. The summed E-state index contributed by atoms with van der Waals surface area (Å²) in [5.41, 5.74) is 0.993. The average Bonchev–Trinajstić information content (AvgIpc) is 2.79. The lowest BCUT2D eigenvalue weighted by molar-refractivity contribution is -0.150. The van der Waals surface area contributed by atoms with Gasteiger partial charge in [0.1, 0.15) is 11.7 Å². The van der Waals surface area contributed by atoms with Gasteiger partial charge in [-0.1, -0.05) is 51.4 Å². The van der Waals surface area contributed by atoms with E-state index in [0.29, 0.717) is 15.7 Å². The van der Waals surface area contributed by atoms with Crippen LogP contribution in [0.1, 0.15) is 11.5 Å². The molecule has 0 aromatic heterocycles. The van der Waals surface area contributed by atoms with Gasteiger partial charge in [0.15, 0.2) is 0 Å². The van der Waals surface area contributed by atoms with Gasteiger partial charge in [0, 0.05) is 16.1 Å². The molecule has 0 saturated heterocycles. The highest BCUT2D eigenvalue weighted by Gasteiger charge is 2.44. The van der Waals surface area contributed by atoms with E-state index in [2.05, 4.69) is 32.6 Å². The van der Waals surface area contributed by atoms with Crippen molar-refractivity contribution in [3.8, 4) is 6.07 Å². The minimum absolute atomic E-state index is 0.130. The number of carbonyl (C=O) groups excluding carboxylic acids is 3. The van der Waals surface area contributed by atoms with Crippen LogP contribution in [0.2, 0.25) is 5.02 Å². The third-order valence-electron chi connectivity index (χ3n) is 4.74. The normalized spacial score (nSPS) is 17.7. The first-order chi connectivity index (χ1) is 15.7. The van der Waals surface area contributed by atoms with Gasteiger partial charge in [-0.05, 0) is 35.9 Å². The zero-order chi connectivity index (χ0) is 24.1. The van der Waals surface area contributed by atoms with Gasteiger partial charge in [0.2, 0.25) is 11.8 Å². The number of rotatable bonds is 6. The summed E-state index contributed by atoms with van der Waals surface area (Å²) in [6.45, 7) is 0. The maximum absolute atomic E-state index is 13.3. The highest BCUT2D eigenvalue weighted by molar-refractivity contribution is 9.10. The van der Waals surface area contributed by atoms with Gasteiger partial charge in [0.25, 0.3) is 0 Å². The molecule has 2 aromatic carbocycles. The molecule has 170 valence electrons. The Bertz CT molecular complexity index is 1200. The van der Waals surface area contributed by atoms with Gasteiger partial charge >= 0.3 is 5.97 Å². The van der Waals surface area contributed by atoms with Crippen LogP contribution >= 0.6 is 39.3 Å². The predicted octanol–water partition coefficient (Wildman–Crippen LogP) is 4.35. The van der Waals surface area contributed by atoms with Gasteiger partial charge in [-0.3, -0.25) is 14.4 Å². The van der Waals surface area contributed by atoms with E-state index in [-0.39, 0.29) is 21.4 Å². The second-order valence-electron chi connectivity index (χ2n) is 6.84. The molecule has 0 radical (unpaired) electrons. The van der Waals surface area contributed by atoms with E-state index in [9.17, 15) is 24.0 Å².